The average Bonchev–Trinajstić information content (AvgIpc) is 3.48. The molecule has 2 aromatic heterocycles. The van der Waals surface area contributed by atoms with E-state index in [1.54, 1.807) is 12.4 Å². The molecular formula is C21H18N6O. The Morgan fingerprint density at radius 3 is 2.93 bits per heavy atom. The number of hydrogen-bond acceptors (Lipinski definition) is 6. The molecule has 3 aromatic rings. The van der Waals surface area contributed by atoms with Crippen LogP contribution in [0, 0.1) is 18.3 Å². The zero-order valence-electron chi connectivity index (χ0n) is 15.4. The third kappa shape index (κ3) is 2.89. The number of hydrogen-bond donors (Lipinski definition) is 1. The van der Waals surface area contributed by atoms with Crippen LogP contribution in [0.25, 0.3) is 5.57 Å². The van der Waals surface area contributed by atoms with E-state index in [2.05, 4.69) is 21.5 Å². The van der Waals surface area contributed by atoms with Gasteiger partial charge < -0.3 is 10.1 Å². The Kier molecular flexibility index (Phi) is 3.83. The first-order valence-corrected chi connectivity index (χ1v) is 9.23. The Morgan fingerprint density at radius 1 is 1.25 bits per heavy atom. The fraction of sp³-hybridized carbons (Fsp3) is 0.238. The van der Waals surface area contributed by atoms with Crippen molar-refractivity contribution in [2.45, 2.75) is 25.8 Å². The van der Waals surface area contributed by atoms with Gasteiger partial charge in [-0.1, -0.05) is 18.2 Å². The second kappa shape index (κ2) is 6.50. The third-order valence-electron chi connectivity index (χ3n) is 4.95. The molecular weight excluding hydrogens is 352 g/mol. The van der Waals surface area contributed by atoms with E-state index in [-0.39, 0.29) is 6.61 Å². The van der Waals surface area contributed by atoms with E-state index in [0.29, 0.717) is 17.6 Å². The van der Waals surface area contributed by atoms with Gasteiger partial charge in [0.05, 0.1) is 35.3 Å². The number of anilines is 2. The maximum atomic E-state index is 9.65. The number of nitriles is 1. The van der Waals surface area contributed by atoms with Crippen molar-refractivity contribution in [2.24, 2.45) is 0 Å². The maximum Gasteiger partial charge on any atom is 0.227 e. The summed E-state index contributed by atoms with van der Waals surface area (Å²) in [6.07, 6.45) is 7.89. The number of para-hydroxylation sites is 1. The Labute approximate surface area is 162 Å². The van der Waals surface area contributed by atoms with Gasteiger partial charge in [0.25, 0.3) is 0 Å². The van der Waals surface area contributed by atoms with E-state index >= 15 is 0 Å². The lowest BCUT2D eigenvalue weighted by Gasteiger charge is -2.21. The SMILES string of the molecule is Cc1cnc(Nc2cnn(C3CC3)c2)nc1C1=C(C#N)COc2ccccc21. The second-order valence-corrected chi connectivity index (χ2v) is 7.04. The molecule has 0 bridgehead atoms. The molecule has 0 radical (unpaired) electrons. The van der Waals surface area contributed by atoms with Crippen molar-refractivity contribution < 1.29 is 4.74 Å². The summed E-state index contributed by atoms with van der Waals surface area (Å²) in [5.41, 5.74) is 4.73. The third-order valence-corrected chi connectivity index (χ3v) is 4.95. The summed E-state index contributed by atoms with van der Waals surface area (Å²) in [7, 11) is 0. The van der Waals surface area contributed by atoms with Crippen molar-refractivity contribution in [1.29, 1.82) is 5.26 Å². The first-order chi connectivity index (χ1) is 13.7. The average molecular weight is 370 g/mol. The molecule has 7 heteroatoms. The van der Waals surface area contributed by atoms with Crippen molar-refractivity contribution in [1.82, 2.24) is 19.7 Å². The zero-order valence-corrected chi connectivity index (χ0v) is 15.4. The Morgan fingerprint density at radius 2 is 2.11 bits per heavy atom. The fourth-order valence-corrected chi connectivity index (χ4v) is 3.37. The topological polar surface area (TPSA) is 88.7 Å². The summed E-state index contributed by atoms with van der Waals surface area (Å²) < 4.78 is 7.70. The zero-order chi connectivity index (χ0) is 19.1. The molecule has 0 unspecified atom stereocenters. The standard InChI is InChI=1S/C21H18N6O/c1-13-9-23-21(25-15-10-24-27(11-15)16-6-7-16)26-20(13)19-14(8-22)12-28-18-5-3-2-4-17(18)19/h2-5,9-11,16H,6-7,12H2,1H3,(H,23,25,26). The molecule has 3 heterocycles. The number of nitrogens with one attached hydrogen (secondary N) is 1. The highest BCUT2D eigenvalue weighted by atomic mass is 16.5. The lowest BCUT2D eigenvalue weighted by molar-refractivity contribution is 0.350. The van der Waals surface area contributed by atoms with Gasteiger partial charge in [0.2, 0.25) is 5.95 Å². The first kappa shape index (κ1) is 16.5. The predicted molar refractivity (Wildman–Crippen MR) is 104 cm³/mol. The number of rotatable bonds is 4. The largest absolute Gasteiger partial charge is 0.487 e. The summed E-state index contributed by atoms with van der Waals surface area (Å²) in [5.74, 6) is 1.24. The molecule has 1 fully saturated rings. The van der Waals surface area contributed by atoms with Gasteiger partial charge in [-0.15, -0.1) is 0 Å². The predicted octanol–water partition coefficient (Wildman–Crippen LogP) is 3.78. The monoisotopic (exact) mass is 370 g/mol. The quantitative estimate of drug-likeness (QED) is 0.752. The molecule has 1 N–H and O–H groups in total. The molecule has 5 rings (SSSR count). The minimum atomic E-state index is 0.239. The van der Waals surface area contributed by atoms with Gasteiger partial charge in [0.15, 0.2) is 0 Å². The molecule has 0 atom stereocenters. The molecule has 1 saturated carbocycles. The Bertz CT molecular complexity index is 1140. The van der Waals surface area contributed by atoms with E-state index in [1.807, 2.05) is 42.1 Å². The second-order valence-electron chi connectivity index (χ2n) is 7.04. The number of fused-ring (bicyclic) bond motifs is 1. The van der Waals surface area contributed by atoms with Crippen molar-refractivity contribution in [3.63, 3.8) is 0 Å². The van der Waals surface area contributed by atoms with Crippen LogP contribution in [0.3, 0.4) is 0 Å². The van der Waals surface area contributed by atoms with Gasteiger partial charge in [-0.25, -0.2) is 9.97 Å². The van der Waals surface area contributed by atoms with E-state index in [9.17, 15) is 5.26 Å². The van der Waals surface area contributed by atoms with E-state index in [1.165, 1.54) is 12.8 Å². The van der Waals surface area contributed by atoms with E-state index in [4.69, 9.17) is 9.72 Å². The summed E-state index contributed by atoms with van der Waals surface area (Å²) >= 11 is 0. The van der Waals surface area contributed by atoms with Gasteiger partial charge in [-0.3, -0.25) is 4.68 Å². The normalized spacial score (nSPS) is 15.6. The van der Waals surface area contributed by atoms with Crippen LogP contribution in [0.15, 0.2) is 48.4 Å². The van der Waals surface area contributed by atoms with Crippen LogP contribution in [0.1, 0.15) is 35.7 Å². The minimum Gasteiger partial charge on any atom is -0.487 e. The number of benzene rings is 1. The molecule has 138 valence electrons. The van der Waals surface area contributed by atoms with Crippen LogP contribution in [-0.4, -0.2) is 26.4 Å². The molecule has 2 aliphatic rings. The Balaban J connectivity index is 1.55. The maximum absolute atomic E-state index is 9.65. The minimum absolute atomic E-state index is 0.239. The highest BCUT2D eigenvalue weighted by Gasteiger charge is 2.25. The van der Waals surface area contributed by atoms with Gasteiger partial charge >= 0.3 is 0 Å². The van der Waals surface area contributed by atoms with Crippen LogP contribution in [0.5, 0.6) is 5.75 Å². The lowest BCUT2D eigenvalue weighted by Crippen LogP contribution is -2.13. The van der Waals surface area contributed by atoms with Gasteiger partial charge in [0, 0.05) is 23.5 Å². The number of nitrogens with zero attached hydrogens (tertiary/aromatic N) is 5. The van der Waals surface area contributed by atoms with Crippen molar-refractivity contribution >= 4 is 17.2 Å². The first-order valence-electron chi connectivity index (χ1n) is 9.23. The molecule has 28 heavy (non-hydrogen) atoms. The van der Waals surface area contributed by atoms with E-state index in [0.717, 1.165) is 33.8 Å². The molecule has 0 saturated heterocycles. The van der Waals surface area contributed by atoms with Gasteiger partial charge in [0.1, 0.15) is 12.4 Å². The van der Waals surface area contributed by atoms with Crippen molar-refractivity contribution in [3.8, 4) is 11.8 Å². The molecule has 1 aliphatic heterocycles. The van der Waals surface area contributed by atoms with Gasteiger partial charge in [-0.05, 0) is 31.4 Å². The molecule has 1 aromatic carbocycles. The summed E-state index contributed by atoms with van der Waals surface area (Å²) in [6, 6.07) is 10.5. The molecule has 0 spiro atoms. The van der Waals surface area contributed by atoms with Crippen molar-refractivity contribution in [3.05, 3.63) is 65.2 Å². The molecule has 7 nitrogen and oxygen atoms in total. The summed E-state index contributed by atoms with van der Waals surface area (Å²) in [6.45, 7) is 2.19. The number of ether oxygens (including phenoxy) is 1. The van der Waals surface area contributed by atoms with E-state index < -0.39 is 0 Å². The highest BCUT2D eigenvalue weighted by Crippen LogP contribution is 2.38. The van der Waals surface area contributed by atoms with Crippen LogP contribution in [-0.2, 0) is 0 Å². The number of aryl methyl sites for hydroxylation is 1. The van der Waals surface area contributed by atoms with Crippen LogP contribution >= 0.6 is 0 Å². The van der Waals surface area contributed by atoms with Crippen LogP contribution in [0.4, 0.5) is 11.6 Å². The Hall–Kier alpha value is -3.66. The lowest BCUT2D eigenvalue weighted by atomic mass is 9.93. The number of aromatic nitrogens is 4. The van der Waals surface area contributed by atoms with Crippen molar-refractivity contribution in [2.75, 3.05) is 11.9 Å². The molecule has 1 aliphatic carbocycles. The highest BCUT2D eigenvalue weighted by molar-refractivity contribution is 5.87. The smallest absolute Gasteiger partial charge is 0.227 e. The fourth-order valence-electron chi connectivity index (χ4n) is 3.37. The molecule has 0 amide bonds. The summed E-state index contributed by atoms with van der Waals surface area (Å²) in [5, 5.41) is 17.3. The van der Waals surface area contributed by atoms with Crippen LogP contribution < -0.4 is 10.1 Å². The van der Waals surface area contributed by atoms with Gasteiger partial charge in [-0.2, -0.15) is 10.4 Å². The summed E-state index contributed by atoms with van der Waals surface area (Å²) in [4.78, 5) is 9.14. The van der Waals surface area contributed by atoms with Crippen LogP contribution in [0.2, 0.25) is 0 Å².